The zero-order valence-corrected chi connectivity index (χ0v) is 47.7. The van der Waals surface area contributed by atoms with Crippen LogP contribution in [0.5, 0.6) is 11.5 Å². The molecule has 3 aromatic carbocycles. The standard InChI is InChI=1S/C31H47N3O5.C29H47ClFN3O3/c1-23(2)29(35)27(21-32-3)33-30(36)34-19-12-13-24(22-34)31(37,18-10-11-20-38-4)26-16-8-9-17-28(26)39-25-14-6-5-7-15-25;1-32-20-24(19-22-11-5-4-6-12-22)33-28(35)34-17-10-13-23(21-34)29(37-3,16-7-8-18-36-2)25-14-9-15-26(30)27(25)31/h5-9,14-17,23-24,27,29,32,35,37H,10-13,18-22H2,1-4H3,(H,33,36);9,14-15,22-24,32H,4-8,10-13,16-21H2,1-3H3,(H,33,35)/t24-,27-,29+,31+;23-,24+,29+/m11/s1. The molecule has 6 N–H and O–H groups in total. The third-order valence-corrected chi connectivity index (χ3v) is 16.4. The highest BCUT2D eigenvalue weighted by atomic mass is 35.5. The summed E-state index contributed by atoms with van der Waals surface area (Å²) in [5, 5.41) is 35.9. The number of ether oxygens (including phenoxy) is 4. The highest BCUT2D eigenvalue weighted by Crippen LogP contribution is 2.46. The lowest BCUT2D eigenvalue weighted by molar-refractivity contribution is -0.0916. The molecule has 0 aromatic heterocycles. The lowest BCUT2D eigenvalue weighted by Crippen LogP contribution is -2.57. The van der Waals surface area contributed by atoms with Crippen molar-refractivity contribution in [2.75, 3.05) is 87.9 Å². The molecule has 0 spiro atoms. The first-order valence-electron chi connectivity index (χ1n) is 28.3. The summed E-state index contributed by atoms with van der Waals surface area (Å²) in [4.78, 5) is 30.5. The number of benzene rings is 3. The molecule has 7 atom stereocenters. The first-order valence-corrected chi connectivity index (χ1v) is 28.7. The van der Waals surface area contributed by atoms with Crippen molar-refractivity contribution in [2.45, 2.75) is 146 Å². The second kappa shape index (κ2) is 32.7. The Balaban J connectivity index is 0.000000281. The van der Waals surface area contributed by atoms with Gasteiger partial charge in [0.1, 0.15) is 22.9 Å². The lowest BCUT2D eigenvalue weighted by Gasteiger charge is -2.45. The number of nitrogens with one attached hydrogen (secondary N) is 4. The zero-order valence-electron chi connectivity index (χ0n) is 46.9. The summed E-state index contributed by atoms with van der Waals surface area (Å²) in [6.07, 6.45) is 14.5. The van der Waals surface area contributed by atoms with Crippen molar-refractivity contribution in [3.05, 3.63) is 94.8 Å². The molecular formula is C60H94ClFN6O8. The third-order valence-electron chi connectivity index (χ3n) is 16.1. The van der Waals surface area contributed by atoms with Crippen LogP contribution in [0.1, 0.15) is 128 Å². The molecule has 76 heavy (non-hydrogen) atoms. The van der Waals surface area contributed by atoms with Crippen molar-refractivity contribution in [1.82, 2.24) is 31.1 Å². The van der Waals surface area contributed by atoms with Gasteiger partial charge in [0.15, 0.2) is 0 Å². The summed E-state index contributed by atoms with van der Waals surface area (Å²) in [5.41, 5.74) is -0.840. The van der Waals surface area contributed by atoms with Crippen LogP contribution in [-0.4, -0.2) is 138 Å². The topological polar surface area (TPSA) is 166 Å². The minimum Gasteiger partial charge on any atom is -0.457 e. The van der Waals surface area contributed by atoms with E-state index in [0.717, 1.165) is 69.9 Å². The van der Waals surface area contributed by atoms with Crippen LogP contribution < -0.4 is 26.0 Å². The molecule has 16 heteroatoms. The largest absolute Gasteiger partial charge is 0.457 e. The minimum atomic E-state index is -1.19. The van der Waals surface area contributed by atoms with E-state index in [-0.39, 0.29) is 40.9 Å². The van der Waals surface area contributed by atoms with Crippen LogP contribution in [0, 0.1) is 29.5 Å². The van der Waals surface area contributed by atoms with Gasteiger partial charge in [-0.1, -0.05) is 106 Å². The first-order chi connectivity index (χ1) is 36.7. The number of hydrogen-bond acceptors (Lipinski definition) is 10. The first kappa shape index (κ1) is 62.8. The van der Waals surface area contributed by atoms with Gasteiger partial charge in [0.25, 0.3) is 0 Å². The predicted molar refractivity (Wildman–Crippen MR) is 302 cm³/mol. The summed E-state index contributed by atoms with van der Waals surface area (Å²) in [6, 6.07) is 21.8. The van der Waals surface area contributed by atoms with Crippen LogP contribution in [0.3, 0.4) is 0 Å². The average molecular weight is 1080 g/mol. The van der Waals surface area contributed by atoms with Crippen molar-refractivity contribution in [1.29, 1.82) is 0 Å². The quantitative estimate of drug-likeness (QED) is 0.0405. The Hall–Kier alpha value is -4.06. The molecule has 3 aromatic rings. The maximum atomic E-state index is 15.4. The fourth-order valence-electron chi connectivity index (χ4n) is 11.9. The van der Waals surface area contributed by atoms with E-state index in [4.69, 9.17) is 30.5 Å². The number of aliphatic hydroxyl groups excluding tert-OH is 1. The number of carbonyl (C=O) groups excluding carboxylic acids is 2. The third kappa shape index (κ3) is 18.0. The number of aliphatic hydroxyl groups is 2. The zero-order chi connectivity index (χ0) is 54.9. The van der Waals surface area contributed by atoms with Gasteiger partial charge in [0, 0.05) is 103 Å². The number of methoxy groups -OCH3 is 3. The van der Waals surface area contributed by atoms with Crippen LogP contribution in [0.25, 0.3) is 0 Å². The van der Waals surface area contributed by atoms with Gasteiger partial charge in [0.2, 0.25) is 0 Å². The fraction of sp³-hybridized carbons (Fsp3) is 0.667. The van der Waals surface area contributed by atoms with Gasteiger partial charge in [-0.25, -0.2) is 14.0 Å². The Bertz CT molecular complexity index is 2140. The van der Waals surface area contributed by atoms with Crippen molar-refractivity contribution < 1.29 is 43.1 Å². The molecule has 0 bridgehead atoms. The van der Waals surface area contributed by atoms with Crippen LogP contribution in [0.15, 0.2) is 72.8 Å². The van der Waals surface area contributed by atoms with E-state index in [1.807, 2.05) is 87.4 Å². The van der Waals surface area contributed by atoms with Gasteiger partial charge in [0.05, 0.1) is 22.8 Å². The van der Waals surface area contributed by atoms with Crippen LogP contribution in [0.4, 0.5) is 14.0 Å². The molecule has 6 rings (SSSR count). The number of piperidine rings is 2. The Morgan fingerprint density at radius 1 is 0.724 bits per heavy atom. The monoisotopic (exact) mass is 1080 g/mol. The highest BCUT2D eigenvalue weighted by molar-refractivity contribution is 6.30. The Morgan fingerprint density at radius 3 is 1.95 bits per heavy atom. The second-order valence-corrected chi connectivity index (χ2v) is 22.2. The van der Waals surface area contributed by atoms with E-state index < -0.39 is 29.2 Å². The molecule has 14 nitrogen and oxygen atoms in total. The summed E-state index contributed by atoms with van der Waals surface area (Å²) in [5.74, 6) is 1.35. The number of amides is 4. The smallest absolute Gasteiger partial charge is 0.317 e. The van der Waals surface area contributed by atoms with E-state index in [0.29, 0.717) is 81.8 Å². The minimum absolute atomic E-state index is 0.0102. The van der Waals surface area contributed by atoms with Crippen molar-refractivity contribution in [3.63, 3.8) is 0 Å². The number of unbranched alkanes of at least 4 members (excludes halogenated alkanes) is 2. The molecule has 0 radical (unpaired) electrons. The van der Waals surface area contributed by atoms with E-state index in [9.17, 15) is 19.8 Å². The fourth-order valence-corrected chi connectivity index (χ4v) is 12.1. The van der Waals surface area contributed by atoms with Crippen molar-refractivity contribution in [2.24, 2.45) is 23.7 Å². The maximum absolute atomic E-state index is 15.4. The number of likely N-dealkylation sites (N-methyl/N-ethyl adjacent to an activating group) is 2. The summed E-state index contributed by atoms with van der Waals surface area (Å²) in [7, 11) is 8.77. The SMILES string of the molecule is CNC[C@@H](NC(=O)N1CCC[C@@H]([C@@](O)(CCCCOC)c2ccccc2Oc2ccccc2)C1)[C@@H](O)C(C)C.CNC[C@H](CC1CCCCC1)NC(=O)N1CCC[C@@H]([C@](CCCCOC)(OC)c2cccc(Cl)c2F)C1. The molecule has 0 unspecified atom stereocenters. The van der Waals surface area contributed by atoms with Gasteiger partial charge in [-0.05, 0) is 121 Å². The average Bonchev–Trinajstić information content (AvgIpc) is 3.45. The van der Waals surface area contributed by atoms with Crippen molar-refractivity contribution >= 4 is 23.7 Å². The molecular weight excluding hydrogens is 987 g/mol. The molecule has 3 aliphatic rings. The number of hydrogen-bond donors (Lipinski definition) is 6. The van der Waals surface area contributed by atoms with Gasteiger partial charge in [-0.3, -0.25) is 0 Å². The molecule has 2 saturated heterocycles. The molecule has 4 amide bonds. The van der Waals surface area contributed by atoms with Crippen LogP contribution in [0.2, 0.25) is 5.02 Å². The number of urea groups is 2. The summed E-state index contributed by atoms with van der Waals surface area (Å²) >= 11 is 6.21. The normalized spacial score (nSPS) is 20.1. The number of nitrogens with zero attached hydrogens (tertiary/aromatic N) is 2. The maximum Gasteiger partial charge on any atom is 0.317 e. The Kier molecular flexibility index (Phi) is 27.1. The number of likely N-dealkylation sites (tertiary alicyclic amines) is 2. The van der Waals surface area contributed by atoms with Gasteiger partial charge >= 0.3 is 12.1 Å². The molecule has 2 heterocycles. The van der Waals surface area contributed by atoms with Crippen molar-refractivity contribution in [3.8, 4) is 11.5 Å². The second-order valence-electron chi connectivity index (χ2n) is 21.8. The van der Waals surface area contributed by atoms with E-state index in [1.165, 1.54) is 32.1 Å². The predicted octanol–water partition coefficient (Wildman–Crippen LogP) is 10.6. The molecule has 2 aliphatic heterocycles. The lowest BCUT2D eigenvalue weighted by atomic mass is 9.73. The number of carbonyl (C=O) groups is 2. The Labute approximate surface area is 459 Å². The molecule has 1 aliphatic carbocycles. The Morgan fingerprint density at radius 2 is 1.32 bits per heavy atom. The molecule has 426 valence electrons. The number of rotatable bonds is 27. The van der Waals surface area contributed by atoms with Gasteiger partial charge < -0.3 is 60.2 Å². The summed E-state index contributed by atoms with van der Waals surface area (Å²) < 4.78 is 38.4. The van der Waals surface area contributed by atoms with Crippen LogP contribution >= 0.6 is 11.6 Å². The van der Waals surface area contributed by atoms with Crippen LogP contribution in [-0.2, 0) is 25.4 Å². The number of halogens is 2. The van der Waals surface area contributed by atoms with Gasteiger partial charge in [-0.2, -0.15) is 0 Å². The number of para-hydroxylation sites is 2. The van der Waals surface area contributed by atoms with E-state index >= 15 is 4.39 Å². The summed E-state index contributed by atoms with van der Waals surface area (Å²) in [6.45, 7) is 8.61. The van der Waals surface area contributed by atoms with E-state index in [2.05, 4.69) is 21.3 Å². The van der Waals surface area contributed by atoms with Gasteiger partial charge in [-0.15, -0.1) is 0 Å². The molecule has 1 saturated carbocycles. The van der Waals surface area contributed by atoms with E-state index in [1.54, 1.807) is 44.4 Å². The highest BCUT2D eigenvalue weighted by Gasteiger charge is 2.46. The molecule has 3 fully saturated rings.